The van der Waals surface area contributed by atoms with Gasteiger partial charge >= 0.3 is 0 Å². The lowest BCUT2D eigenvalue weighted by Crippen LogP contribution is -2.31. The lowest BCUT2D eigenvalue weighted by Gasteiger charge is -2.23. The molecule has 1 heterocycles. The van der Waals surface area contributed by atoms with E-state index >= 15 is 0 Å². The maximum absolute atomic E-state index is 13.4. The van der Waals surface area contributed by atoms with Crippen LogP contribution in [0, 0.1) is 12.7 Å². The molecule has 0 unspecified atom stereocenters. The molecule has 2 aromatic rings. The fraction of sp³-hybridized carbons (Fsp3) is 0.409. The molecule has 1 saturated heterocycles. The van der Waals surface area contributed by atoms with Crippen molar-refractivity contribution in [2.24, 2.45) is 0 Å². The van der Waals surface area contributed by atoms with E-state index in [0.717, 1.165) is 25.9 Å². The van der Waals surface area contributed by atoms with Gasteiger partial charge in [-0.3, -0.25) is 4.79 Å². The van der Waals surface area contributed by atoms with Gasteiger partial charge in [0.05, 0.1) is 10.5 Å². The minimum Gasteiger partial charge on any atom is -0.371 e. The largest absolute Gasteiger partial charge is 0.371 e. The highest BCUT2D eigenvalue weighted by Gasteiger charge is 2.26. The first-order valence-electron chi connectivity index (χ1n) is 10.2. The fourth-order valence-electron chi connectivity index (χ4n) is 3.76. The van der Waals surface area contributed by atoms with E-state index in [2.05, 4.69) is 10.2 Å². The molecule has 0 spiro atoms. The molecule has 162 valence electrons. The van der Waals surface area contributed by atoms with Crippen LogP contribution in [0.1, 0.15) is 42.6 Å². The van der Waals surface area contributed by atoms with Gasteiger partial charge in [0.15, 0.2) is 0 Å². The number of benzene rings is 2. The summed E-state index contributed by atoms with van der Waals surface area (Å²) in [5, 5.41) is 2.81. The Balaban J connectivity index is 2.03. The molecule has 0 saturated carbocycles. The normalized spacial score (nSPS) is 14.4. The summed E-state index contributed by atoms with van der Waals surface area (Å²) >= 11 is 0. The fourth-order valence-corrected chi connectivity index (χ4v) is 5.25. The van der Waals surface area contributed by atoms with Crippen LogP contribution in [-0.4, -0.2) is 44.8 Å². The van der Waals surface area contributed by atoms with Crippen LogP contribution in [0.2, 0.25) is 0 Å². The van der Waals surface area contributed by atoms with Crippen molar-refractivity contribution in [1.82, 2.24) is 4.31 Å². The average Bonchev–Trinajstić information content (AvgIpc) is 3.25. The molecule has 1 fully saturated rings. The summed E-state index contributed by atoms with van der Waals surface area (Å²) in [7, 11) is -3.70. The van der Waals surface area contributed by atoms with Gasteiger partial charge in [0.25, 0.3) is 5.91 Å². The van der Waals surface area contributed by atoms with E-state index in [0.29, 0.717) is 35.6 Å². The van der Waals surface area contributed by atoms with Crippen molar-refractivity contribution in [3.8, 4) is 0 Å². The van der Waals surface area contributed by atoms with Gasteiger partial charge in [0, 0.05) is 37.6 Å². The second-order valence-corrected chi connectivity index (χ2v) is 9.31. The standard InChI is InChI=1S/C22H28FN3O3S/c1-4-26(5-2)30(28,29)18-9-11-21(25-12-6-7-13-25)19(15-18)22(27)24-20-10-8-17(23)14-16(20)3/h8-11,14-15H,4-7,12-13H2,1-3H3,(H,24,27). The molecule has 1 amide bonds. The third-order valence-electron chi connectivity index (χ3n) is 5.44. The highest BCUT2D eigenvalue weighted by atomic mass is 32.2. The highest BCUT2D eigenvalue weighted by Crippen LogP contribution is 2.29. The van der Waals surface area contributed by atoms with Crippen molar-refractivity contribution >= 4 is 27.3 Å². The molecule has 6 nitrogen and oxygen atoms in total. The van der Waals surface area contributed by atoms with Crippen LogP contribution in [0.5, 0.6) is 0 Å². The van der Waals surface area contributed by atoms with E-state index in [-0.39, 0.29) is 10.7 Å². The number of amides is 1. The third-order valence-corrected chi connectivity index (χ3v) is 7.49. The van der Waals surface area contributed by atoms with E-state index in [1.807, 2.05) is 0 Å². The lowest BCUT2D eigenvalue weighted by molar-refractivity contribution is 0.102. The number of aryl methyl sites for hydroxylation is 1. The van der Waals surface area contributed by atoms with Crippen LogP contribution in [0.3, 0.4) is 0 Å². The van der Waals surface area contributed by atoms with Gasteiger partial charge in [-0.1, -0.05) is 13.8 Å². The van der Waals surface area contributed by atoms with Gasteiger partial charge in [0.2, 0.25) is 10.0 Å². The maximum Gasteiger partial charge on any atom is 0.257 e. The number of nitrogens with one attached hydrogen (secondary N) is 1. The Labute approximate surface area is 177 Å². The molecule has 0 bridgehead atoms. The number of halogens is 1. The SMILES string of the molecule is CCN(CC)S(=O)(=O)c1ccc(N2CCCC2)c(C(=O)Nc2ccc(F)cc2C)c1. The minimum atomic E-state index is -3.70. The van der Waals surface area contributed by atoms with Gasteiger partial charge in [0.1, 0.15) is 5.82 Å². The second-order valence-electron chi connectivity index (χ2n) is 7.38. The average molecular weight is 434 g/mol. The van der Waals surface area contributed by atoms with Crippen LogP contribution in [0.4, 0.5) is 15.8 Å². The molecule has 0 atom stereocenters. The van der Waals surface area contributed by atoms with Crippen molar-refractivity contribution in [3.63, 3.8) is 0 Å². The molecule has 0 aliphatic carbocycles. The van der Waals surface area contributed by atoms with Crippen molar-refractivity contribution in [1.29, 1.82) is 0 Å². The molecule has 8 heteroatoms. The van der Waals surface area contributed by atoms with Crippen LogP contribution < -0.4 is 10.2 Å². The first-order chi connectivity index (χ1) is 14.3. The second kappa shape index (κ2) is 9.14. The monoisotopic (exact) mass is 433 g/mol. The van der Waals surface area contributed by atoms with Crippen molar-refractivity contribution in [2.75, 3.05) is 36.4 Å². The summed E-state index contributed by atoms with van der Waals surface area (Å²) < 4.78 is 40.8. The quantitative estimate of drug-likeness (QED) is 0.716. The van der Waals surface area contributed by atoms with Gasteiger partial charge in [-0.15, -0.1) is 0 Å². The first kappa shape index (κ1) is 22.2. The summed E-state index contributed by atoms with van der Waals surface area (Å²) in [6.07, 6.45) is 2.05. The number of sulfonamides is 1. The number of carbonyl (C=O) groups excluding carboxylic acids is 1. The Morgan fingerprint density at radius 3 is 2.37 bits per heavy atom. The Morgan fingerprint density at radius 2 is 1.77 bits per heavy atom. The molecule has 3 rings (SSSR count). The number of rotatable bonds is 7. The number of carbonyl (C=O) groups is 1. The minimum absolute atomic E-state index is 0.0927. The molecule has 0 radical (unpaired) electrons. The summed E-state index contributed by atoms with van der Waals surface area (Å²) in [4.78, 5) is 15.4. The molecule has 0 aromatic heterocycles. The van der Waals surface area contributed by atoms with Gasteiger partial charge in [-0.05, 0) is 61.7 Å². The Morgan fingerprint density at radius 1 is 1.10 bits per heavy atom. The number of hydrogen-bond donors (Lipinski definition) is 1. The maximum atomic E-state index is 13.4. The van der Waals surface area contributed by atoms with Gasteiger partial charge in [-0.25, -0.2) is 12.8 Å². The summed E-state index contributed by atoms with van der Waals surface area (Å²) in [5.41, 5.74) is 2.10. The Kier molecular flexibility index (Phi) is 6.77. The zero-order valence-corrected chi connectivity index (χ0v) is 18.4. The van der Waals surface area contributed by atoms with Gasteiger partial charge < -0.3 is 10.2 Å². The molecule has 1 aliphatic heterocycles. The summed E-state index contributed by atoms with van der Waals surface area (Å²) in [6.45, 7) is 7.61. The molecular formula is C22H28FN3O3S. The molecule has 1 aliphatic rings. The van der Waals surface area contributed by atoms with E-state index in [9.17, 15) is 17.6 Å². The topological polar surface area (TPSA) is 69.7 Å². The van der Waals surface area contributed by atoms with Crippen LogP contribution in [0.15, 0.2) is 41.3 Å². The van der Waals surface area contributed by atoms with Crippen molar-refractivity contribution in [3.05, 3.63) is 53.3 Å². The molecule has 30 heavy (non-hydrogen) atoms. The molecular weight excluding hydrogens is 405 g/mol. The predicted molar refractivity (Wildman–Crippen MR) is 117 cm³/mol. The van der Waals surface area contributed by atoms with Crippen molar-refractivity contribution in [2.45, 2.75) is 38.5 Å². The predicted octanol–water partition coefficient (Wildman–Crippen LogP) is 4.02. The van der Waals surface area contributed by atoms with E-state index in [1.54, 1.807) is 32.9 Å². The van der Waals surface area contributed by atoms with E-state index in [1.165, 1.54) is 28.6 Å². The smallest absolute Gasteiger partial charge is 0.257 e. The number of anilines is 2. The highest BCUT2D eigenvalue weighted by molar-refractivity contribution is 7.89. The van der Waals surface area contributed by atoms with Gasteiger partial charge in [-0.2, -0.15) is 4.31 Å². The van der Waals surface area contributed by atoms with E-state index < -0.39 is 15.9 Å². The molecule has 2 aromatic carbocycles. The van der Waals surface area contributed by atoms with Crippen LogP contribution >= 0.6 is 0 Å². The van der Waals surface area contributed by atoms with Crippen LogP contribution in [-0.2, 0) is 10.0 Å². The zero-order valence-electron chi connectivity index (χ0n) is 17.6. The zero-order chi connectivity index (χ0) is 21.9. The van der Waals surface area contributed by atoms with Crippen molar-refractivity contribution < 1.29 is 17.6 Å². The molecule has 1 N–H and O–H groups in total. The summed E-state index contributed by atoms with van der Waals surface area (Å²) in [6, 6.07) is 8.88. The first-order valence-corrected chi connectivity index (χ1v) is 11.7. The lowest BCUT2D eigenvalue weighted by atomic mass is 10.1. The third kappa shape index (κ3) is 4.49. The Hall–Kier alpha value is -2.45. The number of hydrogen-bond acceptors (Lipinski definition) is 4. The summed E-state index contributed by atoms with van der Waals surface area (Å²) in [5.74, 6) is -0.793. The van der Waals surface area contributed by atoms with Crippen LogP contribution in [0.25, 0.3) is 0 Å². The van der Waals surface area contributed by atoms with E-state index in [4.69, 9.17) is 0 Å². The number of nitrogens with zero attached hydrogens (tertiary/aromatic N) is 2. The Bertz CT molecular complexity index is 1030.